The average molecular weight is 518 g/mol. The number of hydrogen-bond acceptors (Lipinski definition) is 6. The minimum Gasteiger partial charge on any atom is -0.492 e. The minimum absolute atomic E-state index is 0.0183. The van der Waals surface area contributed by atoms with Gasteiger partial charge in [0.05, 0.1) is 23.7 Å². The summed E-state index contributed by atoms with van der Waals surface area (Å²) >= 11 is 1.61. The summed E-state index contributed by atoms with van der Waals surface area (Å²) in [5.41, 5.74) is 4.13. The molecule has 1 aromatic heterocycles. The number of fused-ring (bicyclic) bond motifs is 2. The van der Waals surface area contributed by atoms with E-state index in [0.29, 0.717) is 48.0 Å². The van der Waals surface area contributed by atoms with Crippen molar-refractivity contribution in [3.05, 3.63) is 87.5 Å². The maximum absolute atomic E-state index is 15.0. The van der Waals surface area contributed by atoms with Crippen LogP contribution in [0.15, 0.2) is 60.0 Å². The van der Waals surface area contributed by atoms with E-state index in [-0.39, 0.29) is 18.2 Å². The predicted octanol–water partition coefficient (Wildman–Crippen LogP) is 7.07. The smallest absolute Gasteiger partial charge is 0.304 e. The number of aromatic nitrogens is 1. The van der Waals surface area contributed by atoms with Gasteiger partial charge in [-0.2, -0.15) is 0 Å². The summed E-state index contributed by atoms with van der Waals surface area (Å²) in [7, 11) is 0. The number of aryl methyl sites for hydroxylation is 1. The van der Waals surface area contributed by atoms with Gasteiger partial charge in [0.15, 0.2) is 0 Å². The van der Waals surface area contributed by atoms with Crippen LogP contribution in [0.2, 0.25) is 0 Å². The highest BCUT2D eigenvalue weighted by Crippen LogP contribution is 2.44. The molecule has 0 fully saturated rings. The van der Waals surface area contributed by atoms with Gasteiger partial charge in [-0.05, 0) is 62.2 Å². The fourth-order valence-electron chi connectivity index (χ4n) is 5.05. The molecule has 2 heterocycles. The third kappa shape index (κ3) is 4.64. The molecule has 1 unspecified atom stereocenters. The van der Waals surface area contributed by atoms with Gasteiger partial charge in [-0.3, -0.25) is 4.79 Å². The molecule has 0 spiro atoms. The Labute approximate surface area is 217 Å². The minimum atomic E-state index is -0.858. The monoisotopic (exact) mass is 517 g/mol. The van der Waals surface area contributed by atoms with E-state index < -0.39 is 12.1 Å². The lowest BCUT2D eigenvalue weighted by Crippen LogP contribution is -2.07. The number of thiazole rings is 1. The number of nitrogens with zero attached hydrogens (tertiary/aromatic N) is 1. The van der Waals surface area contributed by atoms with Gasteiger partial charge in [0.25, 0.3) is 0 Å². The van der Waals surface area contributed by atoms with Crippen molar-refractivity contribution in [2.75, 3.05) is 6.61 Å². The first-order chi connectivity index (χ1) is 17.9. The summed E-state index contributed by atoms with van der Waals surface area (Å²) < 4.78 is 33.0. The summed E-state index contributed by atoms with van der Waals surface area (Å²) in [6.45, 7) is 2.31. The van der Waals surface area contributed by atoms with E-state index in [1.807, 2.05) is 42.6 Å². The van der Waals surface area contributed by atoms with Crippen LogP contribution in [0, 0.1) is 12.7 Å². The van der Waals surface area contributed by atoms with Crippen molar-refractivity contribution in [3.63, 3.8) is 0 Å². The fraction of sp³-hybridized carbons (Fsp3) is 0.241. The quantitative estimate of drug-likeness (QED) is 0.283. The van der Waals surface area contributed by atoms with E-state index in [1.165, 1.54) is 6.07 Å². The van der Waals surface area contributed by atoms with Crippen molar-refractivity contribution in [1.29, 1.82) is 0 Å². The van der Waals surface area contributed by atoms with Gasteiger partial charge in [0.1, 0.15) is 34.9 Å². The van der Waals surface area contributed by atoms with E-state index in [1.54, 1.807) is 29.5 Å². The highest BCUT2D eigenvalue weighted by Gasteiger charge is 2.32. The number of carboxylic acid groups (broad SMARTS) is 1. The van der Waals surface area contributed by atoms with Crippen LogP contribution in [0.25, 0.3) is 11.3 Å². The molecule has 8 heteroatoms. The van der Waals surface area contributed by atoms with Crippen LogP contribution in [0.1, 0.15) is 46.6 Å². The lowest BCUT2D eigenvalue weighted by atomic mass is 9.98. The van der Waals surface area contributed by atoms with Crippen LogP contribution in [0.3, 0.4) is 0 Å². The number of ether oxygens (including phenoxy) is 3. The van der Waals surface area contributed by atoms with Gasteiger partial charge >= 0.3 is 5.97 Å². The van der Waals surface area contributed by atoms with Crippen LogP contribution in [-0.2, 0) is 11.2 Å². The molecule has 188 valence electrons. The third-order valence-corrected chi connectivity index (χ3v) is 7.57. The van der Waals surface area contributed by atoms with E-state index >= 15 is 0 Å². The number of aliphatic carboxylic acids is 1. The van der Waals surface area contributed by atoms with Crippen molar-refractivity contribution in [3.8, 4) is 34.3 Å². The molecule has 1 aliphatic carbocycles. The van der Waals surface area contributed by atoms with Gasteiger partial charge in [0.2, 0.25) is 0 Å². The Kier molecular flexibility index (Phi) is 6.04. The van der Waals surface area contributed by atoms with Gasteiger partial charge in [-0.1, -0.05) is 6.07 Å². The Hall–Kier alpha value is -3.91. The van der Waals surface area contributed by atoms with Gasteiger partial charge in [0, 0.05) is 39.6 Å². The molecule has 0 saturated heterocycles. The zero-order valence-electron chi connectivity index (χ0n) is 20.1. The molecule has 0 saturated carbocycles. The molecule has 1 N–H and O–H groups in total. The summed E-state index contributed by atoms with van der Waals surface area (Å²) in [4.78, 5) is 15.6. The second-order valence-electron chi connectivity index (χ2n) is 9.27. The summed E-state index contributed by atoms with van der Waals surface area (Å²) in [6, 6.07) is 16.2. The first-order valence-electron chi connectivity index (χ1n) is 12.1. The molecule has 0 amide bonds. The molecule has 0 bridgehead atoms. The van der Waals surface area contributed by atoms with E-state index in [4.69, 9.17) is 19.3 Å². The standard InChI is InChI=1S/C29H24FNO5S/c1-16-31-24(15-37-16)17-2-4-19(5-3-17)35-25-11-9-23(30)29-22(25)8-10-26(29)36-20-6-7-21-18(12-28(32)33)14-34-27(21)13-20/h2-7,9,11,13,15,18,26H,8,10,12,14H2,1H3,(H,32,33)/t18?,26-/m1/s1. The zero-order chi connectivity index (χ0) is 25.5. The molecule has 2 aliphatic rings. The summed E-state index contributed by atoms with van der Waals surface area (Å²) in [5.74, 6) is 1.11. The van der Waals surface area contributed by atoms with Crippen molar-refractivity contribution in [1.82, 2.24) is 4.98 Å². The van der Waals surface area contributed by atoms with Gasteiger partial charge < -0.3 is 19.3 Å². The summed E-state index contributed by atoms with van der Waals surface area (Å²) in [6.07, 6.45) is 0.813. The number of rotatable bonds is 7. The summed E-state index contributed by atoms with van der Waals surface area (Å²) in [5, 5.41) is 12.2. The molecule has 4 aromatic rings. The molecular weight excluding hydrogens is 493 g/mol. The Morgan fingerprint density at radius 2 is 1.97 bits per heavy atom. The molecule has 2 atom stereocenters. The molecule has 6 rings (SSSR count). The molecule has 0 radical (unpaired) electrons. The van der Waals surface area contributed by atoms with Crippen LogP contribution < -0.4 is 14.2 Å². The zero-order valence-corrected chi connectivity index (χ0v) is 20.9. The molecule has 37 heavy (non-hydrogen) atoms. The number of carboxylic acids is 1. The fourth-order valence-corrected chi connectivity index (χ4v) is 5.67. The largest absolute Gasteiger partial charge is 0.492 e. The Balaban J connectivity index is 1.20. The van der Waals surface area contributed by atoms with E-state index in [0.717, 1.165) is 27.4 Å². The maximum atomic E-state index is 15.0. The van der Waals surface area contributed by atoms with Crippen molar-refractivity contribution >= 4 is 17.3 Å². The predicted molar refractivity (Wildman–Crippen MR) is 137 cm³/mol. The topological polar surface area (TPSA) is 77.9 Å². The lowest BCUT2D eigenvalue weighted by molar-refractivity contribution is -0.137. The van der Waals surface area contributed by atoms with Crippen molar-refractivity contribution in [2.45, 2.75) is 38.2 Å². The second kappa shape index (κ2) is 9.52. The van der Waals surface area contributed by atoms with Crippen LogP contribution in [-0.4, -0.2) is 22.7 Å². The maximum Gasteiger partial charge on any atom is 0.304 e. The van der Waals surface area contributed by atoms with E-state index in [2.05, 4.69) is 4.98 Å². The first kappa shape index (κ1) is 23.5. The SMILES string of the molecule is Cc1nc(-c2ccc(Oc3ccc(F)c4c3CC[C@H]4Oc3ccc4c(c3)OCC4CC(=O)O)cc2)cs1. The van der Waals surface area contributed by atoms with E-state index in [9.17, 15) is 9.18 Å². The molecular formula is C29H24FNO5S. The number of benzene rings is 3. The molecule has 1 aliphatic heterocycles. The normalized spacial score (nSPS) is 17.7. The van der Waals surface area contributed by atoms with Crippen LogP contribution >= 0.6 is 11.3 Å². The number of hydrogen-bond donors (Lipinski definition) is 1. The average Bonchev–Trinajstić information content (AvgIpc) is 3.61. The number of carbonyl (C=O) groups is 1. The van der Waals surface area contributed by atoms with Gasteiger partial charge in [-0.25, -0.2) is 9.37 Å². The van der Waals surface area contributed by atoms with Crippen molar-refractivity contribution in [2.24, 2.45) is 0 Å². The van der Waals surface area contributed by atoms with Crippen molar-refractivity contribution < 1.29 is 28.5 Å². The lowest BCUT2D eigenvalue weighted by Gasteiger charge is -2.17. The Morgan fingerprint density at radius 1 is 1.16 bits per heavy atom. The number of halogens is 1. The Morgan fingerprint density at radius 3 is 2.73 bits per heavy atom. The van der Waals surface area contributed by atoms with Gasteiger partial charge in [-0.15, -0.1) is 11.3 Å². The van der Waals surface area contributed by atoms with Crippen LogP contribution in [0.5, 0.6) is 23.0 Å². The highest BCUT2D eigenvalue weighted by atomic mass is 32.1. The second-order valence-corrected chi connectivity index (χ2v) is 10.3. The molecule has 3 aromatic carbocycles. The Bertz CT molecular complexity index is 1480. The highest BCUT2D eigenvalue weighted by molar-refractivity contribution is 7.09. The van der Waals surface area contributed by atoms with Crippen LogP contribution in [0.4, 0.5) is 4.39 Å². The first-order valence-corrected chi connectivity index (χ1v) is 13.0. The third-order valence-electron chi connectivity index (χ3n) is 6.80. The molecule has 6 nitrogen and oxygen atoms in total.